The van der Waals surface area contributed by atoms with E-state index in [1.807, 2.05) is 24.7 Å². The smallest absolute Gasteiger partial charge is 0.0758 e. The Bertz CT molecular complexity index is 843. The monoisotopic (exact) mass is 418 g/mol. The predicted octanol–water partition coefficient (Wildman–Crippen LogP) is 3.96. The molecule has 0 saturated carbocycles. The van der Waals surface area contributed by atoms with Gasteiger partial charge >= 0.3 is 0 Å². The Balaban J connectivity index is 0.00000182. The number of hydrogen-bond donors (Lipinski definition) is 1. The number of nitrogens with one attached hydrogen (secondary N) is 1. The lowest BCUT2D eigenvalue weighted by Crippen LogP contribution is -2.45. The number of rotatable bonds is 3. The third-order valence-electron chi connectivity index (χ3n) is 4.62. The summed E-state index contributed by atoms with van der Waals surface area (Å²) in [4.78, 5) is 11.3. The molecule has 4 rings (SSSR count). The van der Waals surface area contributed by atoms with Gasteiger partial charge in [-0.15, -0.1) is 12.4 Å². The highest BCUT2D eigenvalue weighted by Gasteiger charge is 2.24. The maximum Gasteiger partial charge on any atom is 0.0758 e. The standard InChI is InChI=1S/C19H19BrN4.ClH/c20-17-4-3-15(19-16(17)2-1-7-23-19)13-24-11-10-22-12-18(24)14-5-8-21-9-6-14;/h1-9,18,22H,10-13H2;1H. The fraction of sp³-hybridized carbons (Fsp3) is 0.263. The van der Waals surface area contributed by atoms with E-state index in [-0.39, 0.29) is 12.4 Å². The van der Waals surface area contributed by atoms with E-state index < -0.39 is 0 Å². The van der Waals surface area contributed by atoms with E-state index >= 15 is 0 Å². The molecule has 0 amide bonds. The van der Waals surface area contributed by atoms with Crippen molar-refractivity contribution < 1.29 is 0 Å². The van der Waals surface area contributed by atoms with E-state index in [4.69, 9.17) is 0 Å². The Morgan fingerprint density at radius 1 is 1.12 bits per heavy atom. The van der Waals surface area contributed by atoms with Crippen molar-refractivity contribution in [3.05, 3.63) is 70.6 Å². The first-order chi connectivity index (χ1) is 11.8. The van der Waals surface area contributed by atoms with E-state index in [1.54, 1.807) is 0 Å². The normalized spacial score (nSPS) is 18.0. The van der Waals surface area contributed by atoms with Crippen LogP contribution in [-0.4, -0.2) is 34.5 Å². The quantitative estimate of drug-likeness (QED) is 0.698. The molecule has 3 heterocycles. The van der Waals surface area contributed by atoms with Gasteiger partial charge in [-0.25, -0.2) is 0 Å². The summed E-state index contributed by atoms with van der Waals surface area (Å²) in [6, 6.07) is 13.0. The predicted molar refractivity (Wildman–Crippen MR) is 107 cm³/mol. The summed E-state index contributed by atoms with van der Waals surface area (Å²) in [7, 11) is 0. The largest absolute Gasteiger partial charge is 0.314 e. The van der Waals surface area contributed by atoms with Gasteiger partial charge in [-0.05, 0) is 35.4 Å². The van der Waals surface area contributed by atoms with Gasteiger partial charge in [0.15, 0.2) is 0 Å². The summed E-state index contributed by atoms with van der Waals surface area (Å²) in [5.74, 6) is 0. The second-order valence-corrected chi connectivity index (χ2v) is 6.93. The maximum atomic E-state index is 4.62. The Morgan fingerprint density at radius 3 is 2.80 bits per heavy atom. The van der Waals surface area contributed by atoms with Gasteiger partial charge < -0.3 is 5.32 Å². The maximum absolute atomic E-state index is 4.62. The average Bonchev–Trinajstić information content (AvgIpc) is 2.65. The van der Waals surface area contributed by atoms with Crippen LogP contribution in [-0.2, 0) is 6.54 Å². The number of aromatic nitrogens is 2. The molecule has 1 saturated heterocycles. The lowest BCUT2D eigenvalue weighted by atomic mass is 10.0. The summed E-state index contributed by atoms with van der Waals surface area (Å²) in [6.07, 6.45) is 5.62. The highest BCUT2D eigenvalue weighted by Crippen LogP contribution is 2.29. The molecular formula is C19H20BrClN4. The zero-order chi connectivity index (χ0) is 16.4. The number of piperazine rings is 1. The van der Waals surface area contributed by atoms with Crippen molar-refractivity contribution in [1.29, 1.82) is 0 Å². The van der Waals surface area contributed by atoms with Gasteiger partial charge in [-0.1, -0.05) is 28.1 Å². The second kappa shape index (κ2) is 8.23. The van der Waals surface area contributed by atoms with E-state index in [9.17, 15) is 0 Å². The fourth-order valence-electron chi connectivity index (χ4n) is 3.39. The van der Waals surface area contributed by atoms with E-state index in [2.05, 4.69) is 66.4 Å². The van der Waals surface area contributed by atoms with Crippen LogP contribution < -0.4 is 5.32 Å². The number of halogens is 2. The molecule has 0 aliphatic carbocycles. The van der Waals surface area contributed by atoms with Gasteiger partial charge in [-0.2, -0.15) is 0 Å². The summed E-state index contributed by atoms with van der Waals surface area (Å²) in [5, 5.41) is 4.68. The summed E-state index contributed by atoms with van der Waals surface area (Å²) in [5.41, 5.74) is 3.67. The number of hydrogen-bond acceptors (Lipinski definition) is 4. The SMILES string of the molecule is Brc1ccc(CN2CCNCC2c2ccncc2)c2ncccc12.Cl. The number of fused-ring (bicyclic) bond motifs is 1. The number of nitrogens with zero attached hydrogens (tertiary/aromatic N) is 3. The van der Waals surface area contributed by atoms with Gasteiger partial charge in [0.05, 0.1) is 5.52 Å². The van der Waals surface area contributed by atoms with E-state index in [1.165, 1.54) is 16.5 Å². The van der Waals surface area contributed by atoms with Crippen LogP contribution in [0.3, 0.4) is 0 Å². The first-order valence-electron chi connectivity index (χ1n) is 8.20. The fourth-order valence-corrected chi connectivity index (χ4v) is 3.84. The zero-order valence-corrected chi connectivity index (χ0v) is 16.1. The molecule has 1 aromatic carbocycles. The van der Waals surface area contributed by atoms with Crippen molar-refractivity contribution in [2.24, 2.45) is 0 Å². The summed E-state index contributed by atoms with van der Waals surface area (Å²) < 4.78 is 1.10. The van der Waals surface area contributed by atoms with E-state index in [0.29, 0.717) is 6.04 Å². The van der Waals surface area contributed by atoms with Crippen LogP contribution in [0, 0.1) is 0 Å². The molecule has 1 fully saturated rings. The summed E-state index contributed by atoms with van der Waals surface area (Å²) in [6.45, 7) is 3.90. The third-order valence-corrected chi connectivity index (χ3v) is 5.31. The van der Waals surface area contributed by atoms with Crippen LogP contribution in [0.2, 0.25) is 0 Å². The lowest BCUT2D eigenvalue weighted by molar-refractivity contribution is 0.154. The molecule has 25 heavy (non-hydrogen) atoms. The van der Waals surface area contributed by atoms with Crippen LogP contribution in [0.5, 0.6) is 0 Å². The molecule has 0 radical (unpaired) electrons. The first kappa shape index (κ1) is 18.3. The van der Waals surface area contributed by atoms with Crippen LogP contribution in [0.25, 0.3) is 10.9 Å². The molecule has 130 valence electrons. The zero-order valence-electron chi connectivity index (χ0n) is 13.7. The van der Waals surface area contributed by atoms with Gasteiger partial charge in [0.25, 0.3) is 0 Å². The number of benzene rings is 1. The minimum atomic E-state index is 0. The Labute approximate surface area is 162 Å². The van der Waals surface area contributed by atoms with Crippen molar-refractivity contribution >= 4 is 39.2 Å². The topological polar surface area (TPSA) is 41.0 Å². The van der Waals surface area contributed by atoms with Crippen LogP contribution in [0.15, 0.2) is 59.5 Å². The molecular weight excluding hydrogens is 400 g/mol. The van der Waals surface area contributed by atoms with Crippen LogP contribution in [0.4, 0.5) is 0 Å². The Morgan fingerprint density at radius 2 is 1.96 bits per heavy atom. The molecule has 2 aromatic heterocycles. The minimum absolute atomic E-state index is 0. The first-order valence-corrected chi connectivity index (χ1v) is 8.99. The molecule has 4 nitrogen and oxygen atoms in total. The van der Waals surface area contributed by atoms with Crippen molar-refractivity contribution in [3.8, 4) is 0 Å². The molecule has 0 spiro atoms. The molecule has 1 atom stereocenters. The Hall–Kier alpha value is -1.53. The minimum Gasteiger partial charge on any atom is -0.314 e. The number of pyridine rings is 2. The molecule has 1 aliphatic heterocycles. The molecule has 0 bridgehead atoms. The third kappa shape index (κ3) is 3.85. The Kier molecular flexibility index (Phi) is 6.02. The second-order valence-electron chi connectivity index (χ2n) is 6.08. The summed E-state index contributed by atoms with van der Waals surface area (Å²) >= 11 is 3.63. The molecule has 1 unspecified atom stereocenters. The van der Waals surface area contributed by atoms with Crippen molar-refractivity contribution in [2.45, 2.75) is 12.6 Å². The van der Waals surface area contributed by atoms with Gasteiger partial charge in [0.2, 0.25) is 0 Å². The van der Waals surface area contributed by atoms with Gasteiger partial charge in [-0.3, -0.25) is 14.9 Å². The molecule has 6 heteroatoms. The molecule has 1 aliphatic rings. The van der Waals surface area contributed by atoms with Crippen molar-refractivity contribution in [1.82, 2.24) is 20.2 Å². The highest BCUT2D eigenvalue weighted by atomic mass is 79.9. The molecule has 3 aromatic rings. The van der Waals surface area contributed by atoms with E-state index in [0.717, 1.165) is 36.2 Å². The van der Waals surface area contributed by atoms with Crippen molar-refractivity contribution in [3.63, 3.8) is 0 Å². The van der Waals surface area contributed by atoms with Gasteiger partial charge in [0, 0.05) is 60.7 Å². The highest BCUT2D eigenvalue weighted by molar-refractivity contribution is 9.10. The van der Waals surface area contributed by atoms with Crippen molar-refractivity contribution in [2.75, 3.05) is 19.6 Å². The average molecular weight is 420 g/mol. The van der Waals surface area contributed by atoms with Gasteiger partial charge in [0.1, 0.15) is 0 Å². The van der Waals surface area contributed by atoms with Crippen LogP contribution >= 0.6 is 28.3 Å². The lowest BCUT2D eigenvalue weighted by Gasteiger charge is -2.36. The molecule has 1 N–H and O–H groups in total. The van der Waals surface area contributed by atoms with Crippen LogP contribution in [0.1, 0.15) is 17.2 Å².